The fraction of sp³-hybridized carbons (Fsp3) is 0.391. The average molecular weight is 496 g/mol. The van der Waals surface area contributed by atoms with E-state index in [1.807, 2.05) is 6.92 Å². The van der Waals surface area contributed by atoms with Gasteiger partial charge < -0.3 is 11.1 Å². The molecular formula is C23H27ClFN3O4S. The van der Waals surface area contributed by atoms with Gasteiger partial charge in [-0.1, -0.05) is 30.7 Å². The first kappa shape index (κ1) is 25.1. The number of nitrogens with one attached hydrogen (secondary N) is 1. The van der Waals surface area contributed by atoms with E-state index in [4.69, 9.17) is 17.3 Å². The van der Waals surface area contributed by atoms with Gasteiger partial charge in [0, 0.05) is 25.2 Å². The number of primary amides is 1. The van der Waals surface area contributed by atoms with E-state index in [-0.39, 0.29) is 34.4 Å². The van der Waals surface area contributed by atoms with Crippen molar-refractivity contribution in [3.8, 4) is 0 Å². The lowest BCUT2D eigenvalue weighted by atomic mass is 9.98. The molecule has 2 atom stereocenters. The van der Waals surface area contributed by atoms with Gasteiger partial charge in [-0.25, -0.2) is 12.8 Å². The summed E-state index contributed by atoms with van der Waals surface area (Å²) in [5, 5.41) is 2.67. The van der Waals surface area contributed by atoms with Crippen LogP contribution in [0.15, 0.2) is 47.4 Å². The van der Waals surface area contributed by atoms with Crippen molar-refractivity contribution in [3.05, 3.63) is 64.4 Å². The van der Waals surface area contributed by atoms with E-state index in [1.165, 1.54) is 34.6 Å². The van der Waals surface area contributed by atoms with Gasteiger partial charge in [-0.05, 0) is 61.1 Å². The van der Waals surface area contributed by atoms with Crippen LogP contribution >= 0.6 is 11.6 Å². The SMILES string of the molecule is CC1CCCN(S(=O)(=O)c2cc(C(=O)NCC(Cc3ccc(F)cc3)C(N)=O)ccc2Cl)C1. The molecule has 0 aromatic heterocycles. The average Bonchev–Trinajstić information content (AvgIpc) is 2.77. The highest BCUT2D eigenvalue weighted by atomic mass is 35.5. The molecule has 1 fully saturated rings. The van der Waals surface area contributed by atoms with Crippen molar-refractivity contribution in [1.82, 2.24) is 9.62 Å². The number of sulfonamides is 1. The molecular weight excluding hydrogens is 469 g/mol. The number of hydrogen-bond acceptors (Lipinski definition) is 4. The standard InChI is InChI=1S/C23H27ClFN3O4S/c1-15-3-2-10-28(14-15)33(31,32)21-12-17(6-9-20(21)24)23(30)27-13-18(22(26)29)11-16-4-7-19(25)8-5-16/h4-9,12,15,18H,2-3,10-11,13-14H2,1H3,(H2,26,29)(H,27,30). The van der Waals surface area contributed by atoms with Crippen molar-refractivity contribution in [3.63, 3.8) is 0 Å². The van der Waals surface area contributed by atoms with Crippen LogP contribution < -0.4 is 11.1 Å². The summed E-state index contributed by atoms with van der Waals surface area (Å²) in [6, 6.07) is 9.71. The molecule has 3 N–H and O–H groups in total. The summed E-state index contributed by atoms with van der Waals surface area (Å²) in [6.45, 7) is 2.75. The smallest absolute Gasteiger partial charge is 0.251 e. The van der Waals surface area contributed by atoms with Gasteiger partial charge in [-0.3, -0.25) is 9.59 Å². The van der Waals surface area contributed by atoms with Crippen LogP contribution in [0.4, 0.5) is 4.39 Å². The van der Waals surface area contributed by atoms with Crippen LogP contribution in [0.2, 0.25) is 5.02 Å². The molecule has 33 heavy (non-hydrogen) atoms. The van der Waals surface area contributed by atoms with E-state index in [0.29, 0.717) is 18.7 Å². The Labute approximate surface area is 198 Å². The number of nitrogens with two attached hydrogens (primary N) is 1. The first-order valence-electron chi connectivity index (χ1n) is 10.7. The van der Waals surface area contributed by atoms with Crippen LogP contribution in [0, 0.1) is 17.7 Å². The van der Waals surface area contributed by atoms with Crippen LogP contribution in [0.3, 0.4) is 0 Å². The topological polar surface area (TPSA) is 110 Å². The van der Waals surface area contributed by atoms with Crippen molar-refractivity contribution in [1.29, 1.82) is 0 Å². The predicted octanol–water partition coefficient (Wildman–Crippen LogP) is 2.97. The Balaban J connectivity index is 1.73. The summed E-state index contributed by atoms with van der Waals surface area (Å²) in [5.41, 5.74) is 6.27. The zero-order valence-corrected chi connectivity index (χ0v) is 19.8. The highest BCUT2D eigenvalue weighted by Gasteiger charge is 2.31. The zero-order valence-electron chi connectivity index (χ0n) is 18.3. The fourth-order valence-corrected chi connectivity index (χ4v) is 5.94. The van der Waals surface area contributed by atoms with E-state index in [0.717, 1.165) is 12.8 Å². The van der Waals surface area contributed by atoms with Crippen molar-refractivity contribution in [2.24, 2.45) is 17.6 Å². The molecule has 0 bridgehead atoms. The molecule has 10 heteroatoms. The lowest BCUT2D eigenvalue weighted by molar-refractivity contribution is -0.121. The molecule has 2 aromatic rings. The largest absolute Gasteiger partial charge is 0.369 e. The second-order valence-electron chi connectivity index (χ2n) is 8.40. The number of carbonyl (C=O) groups excluding carboxylic acids is 2. The van der Waals surface area contributed by atoms with Crippen LogP contribution in [-0.4, -0.2) is 44.2 Å². The number of hydrogen-bond donors (Lipinski definition) is 2. The number of amides is 2. The molecule has 1 aliphatic heterocycles. The summed E-state index contributed by atoms with van der Waals surface area (Å²) < 4.78 is 40.8. The minimum absolute atomic E-state index is 0.0381. The maximum absolute atomic E-state index is 13.1. The van der Waals surface area contributed by atoms with Crippen LogP contribution in [-0.2, 0) is 21.2 Å². The highest BCUT2D eigenvalue weighted by molar-refractivity contribution is 7.89. The number of nitrogens with zero attached hydrogens (tertiary/aromatic N) is 1. The van der Waals surface area contributed by atoms with Crippen molar-refractivity contribution >= 4 is 33.4 Å². The monoisotopic (exact) mass is 495 g/mol. The molecule has 0 spiro atoms. The Morgan fingerprint density at radius 2 is 1.94 bits per heavy atom. The minimum atomic E-state index is -3.85. The molecule has 7 nitrogen and oxygen atoms in total. The second kappa shape index (κ2) is 10.6. The maximum atomic E-state index is 13.1. The maximum Gasteiger partial charge on any atom is 0.251 e. The third kappa shape index (κ3) is 6.31. The number of halogens is 2. The fourth-order valence-electron chi connectivity index (χ4n) is 3.84. The van der Waals surface area contributed by atoms with Gasteiger partial charge in [-0.15, -0.1) is 0 Å². The summed E-state index contributed by atoms with van der Waals surface area (Å²) in [7, 11) is -3.85. The molecule has 1 saturated heterocycles. The first-order chi connectivity index (χ1) is 15.6. The van der Waals surface area contributed by atoms with Gasteiger partial charge in [0.25, 0.3) is 5.91 Å². The molecule has 2 unspecified atom stereocenters. The minimum Gasteiger partial charge on any atom is -0.369 e. The molecule has 3 rings (SSSR count). The molecule has 1 aliphatic rings. The Bertz CT molecular complexity index is 1130. The molecule has 0 saturated carbocycles. The van der Waals surface area contributed by atoms with Gasteiger partial charge in [-0.2, -0.15) is 4.31 Å². The molecule has 0 radical (unpaired) electrons. The second-order valence-corrected chi connectivity index (χ2v) is 10.7. The number of rotatable bonds is 8. The van der Waals surface area contributed by atoms with E-state index in [1.54, 1.807) is 12.1 Å². The van der Waals surface area contributed by atoms with Crippen molar-refractivity contribution in [2.45, 2.75) is 31.1 Å². The van der Waals surface area contributed by atoms with E-state index >= 15 is 0 Å². The molecule has 2 aromatic carbocycles. The Morgan fingerprint density at radius 3 is 2.58 bits per heavy atom. The van der Waals surface area contributed by atoms with Gasteiger partial charge in [0.1, 0.15) is 10.7 Å². The third-order valence-corrected chi connectivity index (χ3v) is 8.08. The molecule has 1 heterocycles. The van der Waals surface area contributed by atoms with Gasteiger partial charge in [0.2, 0.25) is 15.9 Å². The lowest BCUT2D eigenvalue weighted by Gasteiger charge is -2.30. The molecule has 0 aliphatic carbocycles. The van der Waals surface area contributed by atoms with Crippen molar-refractivity contribution in [2.75, 3.05) is 19.6 Å². The van der Waals surface area contributed by atoms with E-state index < -0.39 is 33.6 Å². The van der Waals surface area contributed by atoms with Gasteiger partial charge >= 0.3 is 0 Å². The summed E-state index contributed by atoms with van der Waals surface area (Å²) >= 11 is 6.19. The van der Waals surface area contributed by atoms with E-state index in [2.05, 4.69) is 5.32 Å². The molecule has 178 valence electrons. The van der Waals surface area contributed by atoms with Crippen LogP contribution in [0.5, 0.6) is 0 Å². The summed E-state index contributed by atoms with van der Waals surface area (Å²) in [4.78, 5) is 24.4. The normalized spacial score (nSPS) is 18.0. The zero-order chi connectivity index (χ0) is 24.2. The number of carbonyl (C=O) groups is 2. The Hall–Kier alpha value is -2.49. The van der Waals surface area contributed by atoms with Crippen LogP contribution in [0.1, 0.15) is 35.7 Å². The Kier molecular flexibility index (Phi) is 8.10. The number of benzene rings is 2. The van der Waals surface area contributed by atoms with Gasteiger partial charge in [0.15, 0.2) is 0 Å². The quantitative estimate of drug-likeness (QED) is 0.586. The predicted molar refractivity (Wildman–Crippen MR) is 124 cm³/mol. The molecule has 2 amide bonds. The first-order valence-corrected chi connectivity index (χ1v) is 12.5. The highest BCUT2D eigenvalue weighted by Crippen LogP contribution is 2.29. The number of piperidine rings is 1. The van der Waals surface area contributed by atoms with Crippen molar-refractivity contribution < 1.29 is 22.4 Å². The summed E-state index contributed by atoms with van der Waals surface area (Å²) in [6.07, 6.45) is 1.95. The lowest BCUT2D eigenvalue weighted by Crippen LogP contribution is -2.39. The Morgan fingerprint density at radius 1 is 1.24 bits per heavy atom. The summed E-state index contributed by atoms with van der Waals surface area (Å²) in [5.74, 6) is -2.04. The van der Waals surface area contributed by atoms with E-state index in [9.17, 15) is 22.4 Å². The van der Waals surface area contributed by atoms with Crippen LogP contribution in [0.25, 0.3) is 0 Å². The third-order valence-electron chi connectivity index (χ3n) is 5.74. The van der Waals surface area contributed by atoms with Gasteiger partial charge in [0.05, 0.1) is 10.9 Å².